The molecule has 0 bridgehead atoms. The van der Waals surface area contributed by atoms with Crippen LogP contribution in [0.15, 0.2) is 134 Å². The zero-order chi connectivity index (χ0) is 36.7. The van der Waals surface area contributed by atoms with E-state index in [1.165, 1.54) is 0 Å². The Morgan fingerprint density at radius 2 is 1.53 bits per heavy atom. The Hall–Kier alpha value is -5.16. The number of aromatic nitrogens is 2. The predicted molar refractivity (Wildman–Crippen MR) is 206 cm³/mol. The second-order valence-electron chi connectivity index (χ2n) is 12.9. The lowest BCUT2D eigenvalue weighted by Crippen LogP contribution is -2.39. The highest BCUT2D eigenvalue weighted by molar-refractivity contribution is 6.40. The average Bonchev–Trinajstić information content (AvgIpc) is 3.51. The first-order valence-corrected chi connectivity index (χ1v) is 18.0. The van der Waals surface area contributed by atoms with Crippen LogP contribution in [0.25, 0.3) is 11.1 Å². The van der Waals surface area contributed by atoms with E-state index in [9.17, 15) is 9.90 Å². The quantitative estimate of drug-likeness (QED) is 0.122. The molecule has 0 saturated carbocycles. The number of nitrogens with one attached hydrogen (secondary N) is 2. The molecule has 53 heavy (non-hydrogen) atoms. The van der Waals surface area contributed by atoms with Gasteiger partial charge in [0.05, 0.1) is 31.7 Å². The molecule has 7 rings (SSSR count). The third-order valence-corrected chi connectivity index (χ3v) is 9.97. The molecule has 1 fully saturated rings. The molecule has 270 valence electrons. The van der Waals surface area contributed by atoms with E-state index in [0.717, 1.165) is 39.1 Å². The topological polar surface area (TPSA) is 107 Å². The molecule has 1 saturated heterocycles. The number of carbonyl (C=O) groups excluding carboxylic acids is 1. The molecule has 1 aliphatic rings. The van der Waals surface area contributed by atoms with Crippen molar-refractivity contribution in [2.75, 3.05) is 5.32 Å². The van der Waals surface area contributed by atoms with Crippen LogP contribution < -0.4 is 15.4 Å². The third-order valence-electron chi connectivity index (χ3n) is 9.20. The lowest BCUT2D eigenvalue weighted by Gasteiger charge is -2.41. The van der Waals surface area contributed by atoms with Crippen molar-refractivity contribution in [3.63, 3.8) is 0 Å². The Morgan fingerprint density at radius 3 is 2.25 bits per heavy atom. The number of amides is 2. The van der Waals surface area contributed by atoms with Gasteiger partial charge in [-0.15, -0.1) is 0 Å². The highest BCUT2D eigenvalue weighted by Gasteiger charge is 2.39. The van der Waals surface area contributed by atoms with Crippen molar-refractivity contribution in [3.05, 3.63) is 166 Å². The Morgan fingerprint density at radius 1 is 0.811 bits per heavy atom. The Balaban J connectivity index is 1.03. The molecule has 6 aromatic rings. The number of carbonyl (C=O) groups is 1. The van der Waals surface area contributed by atoms with E-state index in [1.54, 1.807) is 23.0 Å². The van der Waals surface area contributed by atoms with E-state index in [0.29, 0.717) is 29.7 Å². The van der Waals surface area contributed by atoms with Crippen LogP contribution in [0, 0.1) is 5.92 Å². The molecule has 2 amide bonds. The van der Waals surface area contributed by atoms with Crippen LogP contribution in [0.4, 0.5) is 10.5 Å². The Bertz CT molecular complexity index is 2140. The van der Waals surface area contributed by atoms with Crippen molar-refractivity contribution in [2.24, 2.45) is 5.92 Å². The van der Waals surface area contributed by atoms with Gasteiger partial charge in [0.25, 0.3) is 0 Å². The van der Waals surface area contributed by atoms with E-state index in [4.69, 9.17) is 37.4 Å². The number of benzene rings is 5. The number of urea groups is 1. The van der Waals surface area contributed by atoms with Gasteiger partial charge in [0.15, 0.2) is 11.4 Å². The number of ether oxygens (including phenoxy) is 3. The minimum absolute atomic E-state index is 0.0344. The summed E-state index contributed by atoms with van der Waals surface area (Å²) in [5.41, 5.74) is 6.22. The number of para-hydroxylation sites is 1. The number of anilines is 1. The van der Waals surface area contributed by atoms with Crippen LogP contribution in [-0.2, 0) is 29.2 Å². The van der Waals surface area contributed by atoms with Crippen LogP contribution in [-0.4, -0.2) is 26.8 Å². The second-order valence-corrected chi connectivity index (χ2v) is 13.6. The molecule has 0 aliphatic carbocycles. The number of aliphatic hydroxyl groups excluding tert-OH is 1. The van der Waals surface area contributed by atoms with Gasteiger partial charge in [-0.25, -0.2) is 9.78 Å². The third kappa shape index (κ3) is 8.90. The van der Waals surface area contributed by atoms with E-state index < -0.39 is 6.29 Å². The highest BCUT2D eigenvalue weighted by atomic mass is 35.5. The molecule has 4 unspecified atom stereocenters. The number of hydrogen-bond acceptors (Lipinski definition) is 6. The van der Waals surface area contributed by atoms with Crippen LogP contribution in [0.5, 0.6) is 11.5 Å². The monoisotopic (exact) mass is 748 g/mol. The molecule has 11 heteroatoms. The number of rotatable bonds is 11. The van der Waals surface area contributed by atoms with Crippen LogP contribution >= 0.6 is 23.2 Å². The highest BCUT2D eigenvalue weighted by Crippen LogP contribution is 2.43. The maximum absolute atomic E-state index is 12.8. The van der Waals surface area contributed by atoms with Crippen molar-refractivity contribution in [1.29, 1.82) is 0 Å². The fourth-order valence-corrected chi connectivity index (χ4v) is 6.62. The number of aliphatic hydroxyl groups is 1. The molecule has 1 aliphatic heterocycles. The van der Waals surface area contributed by atoms with Gasteiger partial charge in [0.2, 0.25) is 0 Å². The van der Waals surface area contributed by atoms with E-state index in [2.05, 4.69) is 34.7 Å². The SMILES string of the molecule is CC1C(Cn2cnc(Cl)c2Cl)OC(c2cccc(-c3cccc(CNC(=O)Nc4ccc(Oc5ccccc5)cc4)c3)c2)OC1c1ccc(CO)cc1. The van der Waals surface area contributed by atoms with E-state index in [1.807, 2.05) is 103 Å². The number of hydrogen-bond donors (Lipinski definition) is 3. The van der Waals surface area contributed by atoms with Crippen LogP contribution in [0.3, 0.4) is 0 Å². The average molecular weight is 750 g/mol. The first-order chi connectivity index (χ1) is 25.8. The summed E-state index contributed by atoms with van der Waals surface area (Å²) in [5.74, 6) is 1.37. The van der Waals surface area contributed by atoms with Crippen LogP contribution in [0.2, 0.25) is 10.3 Å². The second kappa shape index (κ2) is 16.7. The summed E-state index contributed by atoms with van der Waals surface area (Å²) in [6.07, 6.45) is 0.351. The summed E-state index contributed by atoms with van der Waals surface area (Å²) in [6, 6.07) is 40.3. The smallest absolute Gasteiger partial charge is 0.319 e. The maximum atomic E-state index is 12.8. The zero-order valence-corrected chi connectivity index (χ0v) is 30.4. The predicted octanol–water partition coefficient (Wildman–Crippen LogP) is 9.95. The lowest BCUT2D eigenvalue weighted by molar-refractivity contribution is -0.276. The van der Waals surface area contributed by atoms with Gasteiger partial charge in [0.1, 0.15) is 16.7 Å². The summed E-state index contributed by atoms with van der Waals surface area (Å²) in [7, 11) is 0. The molecule has 3 N–H and O–H groups in total. The molecule has 5 aromatic carbocycles. The van der Waals surface area contributed by atoms with Gasteiger partial charge in [-0.3, -0.25) is 0 Å². The molecule has 0 spiro atoms. The van der Waals surface area contributed by atoms with E-state index in [-0.39, 0.29) is 35.9 Å². The maximum Gasteiger partial charge on any atom is 0.319 e. The fourth-order valence-electron chi connectivity index (χ4n) is 6.31. The van der Waals surface area contributed by atoms with Crippen LogP contribution in [0.1, 0.15) is 41.6 Å². The zero-order valence-electron chi connectivity index (χ0n) is 28.9. The van der Waals surface area contributed by atoms with Crippen molar-refractivity contribution < 1.29 is 24.1 Å². The Labute approximate surface area is 318 Å². The van der Waals surface area contributed by atoms with Gasteiger partial charge >= 0.3 is 6.03 Å². The van der Waals surface area contributed by atoms with Crippen molar-refractivity contribution >= 4 is 34.9 Å². The minimum atomic E-state index is -0.677. The molecule has 0 radical (unpaired) electrons. The Kier molecular flexibility index (Phi) is 11.4. The molecule has 4 atom stereocenters. The molecule has 9 nitrogen and oxygen atoms in total. The summed E-state index contributed by atoms with van der Waals surface area (Å²) in [5, 5.41) is 16.0. The van der Waals surface area contributed by atoms with Gasteiger partial charge in [-0.05, 0) is 76.3 Å². The normalized spacial score (nSPS) is 18.3. The largest absolute Gasteiger partial charge is 0.457 e. The number of halogens is 2. The summed E-state index contributed by atoms with van der Waals surface area (Å²) < 4.78 is 20.9. The van der Waals surface area contributed by atoms with Gasteiger partial charge in [-0.2, -0.15) is 0 Å². The molecule has 2 heterocycles. The summed E-state index contributed by atoms with van der Waals surface area (Å²) in [6.45, 7) is 2.82. The van der Waals surface area contributed by atoms with Gasteiger partial charge in [-0.1, -0.05) is 109 Å². The van der Waals surface area contributed by atoms with Gasteiger partial charge < -0.3 is 34.5 Å². The first kappa shape index (κ1) is 36.2. The fraction of sp³-hybridized carbons (Fsp3) is 0.190. The lowest BCUT2D eigenvalue weighted by atomic mass is 9.90. The number of imidazole rings is 1. The first-order valence-electron chi connectivity index (χ1n) is 17.3. The van der Waals surface area contributed by atoms with Crippen molar-refractivity contribution in [1.82, 2.24) is 14.9 Å². The minimum Gasteiger partial charge on any atom is -0.457 e. The summed E-state index contributed by atoms with van der Waals surface area (Å²) in [4.78, 5) is 16.9. The summed E-state index contributed by atoms with van der Waals surface area (Å²) >= 11 is 12.6. The number of nitrogens with zero attached hydrogens (tertiary/aromatic N) is 2. The molecular weight excluding hydrogens is 711 g/mol. The van der Waals surface area contributed by atoms with E-state index >= 15 is 0 Å². The van der Waals surface area contributed by atoms with Gasteiger partial charge in [0, 0.05) is 23.7 Å². The molecule has 1 aromatic heterocycles. The van der Waals surface area contributed by atoms with Crippen molar-refractivity contribution in [3.8, 4) is 22.6 Å². The van der Waals surface area contributed by atoms with Crippen molar-refractivity contribution in [2.45, 2.75) is 45.1 Å². The molecular formula is C42H38Cl2N4O5. The standard InChI is InChI=1S/C42H38Cl2N4O5/c1-27-37(24-48-26-46-39(43)40(48)44)52-41(53-38(27)30-15-13-28(25-49)14-16-30)33-10-6-9-32(22-33)31-8-5-7-29(21-31)23-45-42(50)47-34-17-19-36(20-18-34)51-35-11-3-2-4-12-35/h2-22,26-27,37-38,41,49H,23-25H2,1H3,(H2,45,47,50).